The Kier molecular flexibility index (Phi) is 4.80. The monoisotopic (exact) mass is 352 g/mol. The molecule has 0 saturated heterocycles. The molecule has 3 rings (SSSR count). The third kappa shape index (κ3) is 3.03. The molecular weight excluding hydrogens is 312 g/mol. The second-order valence-corrected chi connectivity index (χ2v) is 15.6. The Labute approximate surface area is 150 Å². The quantitative estimate of drug-likeness (QED) is 0.638. The summed E-state index contributed by atoms with van der Waals surface area (Å²) in [7, 11) is -1.69. The van der Waals surface area contributed by atoms with Crippen LogP contribution in [-0.2, 0) is 4.43 Å². The molecule has 2 nitrogen and oxygen atoms in total. The van der Waals surface area contributed by atoms with Crippen molar-refractivity contribution in [3.8, 4) is 0 Å². The van der Waals surface area contributed by atoms with Gasteiger partial charge in [-0.3, -0.25) is 0 Å². The Balaban J connectivity index is 1.78. The molecule has 3 fully saturated rings. The zero-order valence-electron chi connectivity index (χ0n) is 17.0. The van der Waals surface area contributed by atoms with Crippen molar-refractivity contribution in [1.29, 1.82) is 0 Å². The molecule has 24 heavy (non-hydrogen) atoms. The highest BCUT2D eigenvalue weighted by atomic mass is 28.4. The molecule has 4 atom stereocenters. The zero-order chi connectivity index (χ0) is 17.8. The van der Waals surface area contributed by atoms with Crippen LogP contribution in [0.25, 0.3) is 0 Å². The molecular formula is C21H40O2Si. The Hall–Kier alpha value is 0.137. The van der Waals surface area contributed by atoms with Gasteiger partial charge in [-0.1, -0.05) is 34.1 Å². The molecule has 0 aromatic rings. The SMILES string of the molecule is CC12CCCC(O[Si](C)(C)C(C)(C)C)C1CCC2C1(CCO)CC1. The third-order valence-electron chi connectivity index (χ3n) is 8.56. The molecule has 0 heterocycles. The summed E-state index contributed by atoms with van der Waals surface area (Å²) >= 11 is 0. The standard InChI is InChI=1S/C21H40O2Si/c1-19(2,3)24(5,6)23-17-8-7-11-20(4)16(17)9-10-18(20)21(12-13-21)14-15-22/h16-18,22H,7-15H2,1-6H3. The molecule has 0 radical (unpaired) electrons. The Morgan fingerprint density at radius 2 is 1.75 bits per heavy atom. The van der Waals surface area contributed by atoms with E-state index in [-0.39, 0.29) is 0 Å². The minimum atomic E-state index is -1.69. The van der Waals surface area contributed by atoms with Crippen molar-refractivity contribution in [2.24, 2.45) is 22.7 Å². The van der Waals surface area contributed by atoms with Gasteiger partial charge in [0.15, 0.2) is 8.32 Å². The van der Waals surface area contributed by atoms with Crippen molar-refractivity contribution in [1.82, 2.24) is 0 Å². The maximum absolute atomic E-state index is 9.56. The molecule has 3 heteroatoms. The van der Waals surface area contributed by atoms with Crippen LogP contribution < -0.4 is 0 Å². The Morgan fingerprint density at radius 1 is 1.08 bits per heavy atom. The normalized spacial score (nSPS) is 38.9. The molecule has 3 aliphatic carbocycles. The molecule has 3 aliphatic rings. The lowest BCUT2D eigenvalue weighted by atomic mass is 9.60. The number of hydrogen-bond acceptors (Lipinski definition) is 2. The van der Waals surface area contributed by atoms with Crippen molar-refractivity contribution >= 4 is 8.32 Å². The van der Waals surface area contributed by atoms with Crippen LogP contribution in [0, 0.1) is 22.7 Å². The summed E-state index contributed by atoms with van der Waals surface area (Å²) in [5, 5.41) is 9.86. The van der Waals surface area contributed by atoms with Crippen LogP contribution in [0.1, 0.15) is 79.1 Å². The fourth-order valence-corrected chi connectivity index (χ4v) is 7.37. The lowest BCUT2D eigenvalue weighted by Gasteiger charge is -2.50. The van der Waals surface area contributed by atoms with E-state index in [9.17, 15) is 5.11 Å². The molecule has 3 saturated carbocycles. The largest absolute Gasteiger partial charge is 0.414 e. The molecule has 0 aromatic carbocycles. The van der Waals surface area contributed by atoms with Gasteiger partial charge in [0.2, 0.25) is 0 Å². The highest BCUT2D eigenvalue weighted by molar-refractivity contribution is 6.74. The maximum Gasteiger partial charge on any atom is 0.192 e. The summed E-state index contributed by atoms with van der Waals surface area (Å²) in [6.45, 7) is 14.9. The minimum Gasteiger partial charge on any atom is -0.414 e. The van der Waals surface area contributed by atoms with E-state index in [2.05, 4.69) is 40.8 Å². The Bertz CT molecular complexity index is 463. The minimum absolute atomic E-state index is 0.299. The second-order valence-electron chi connectivity index (χ2n) is 10.9. The number of hydrogen-bond donors (Lipinski definition) is 1. The molecule has 0 aromatic heterocycles. The van der Waals surface area contributed by atoms with Crippen molar-refractivity contribution in [2.45, 2.75) is 103 Å². The molecule has 4 unspecified atom stereocenters. The summed E-state index contributed by atoms with van der Waals surface area (Å²) < 4.78 is 6.95. The van der Waals surface area contributed by atoms with Gasteiger partial charge in [-0.15, -0.1) is 0 Å². The topological polar surface area (TPSA) is 29.5 Å². The smallest absolute Gasteiger partial charge is 0.192 e. The molecule has 140 valence electrons. The molecule has 0 aliphatic heterocycles. The molecule has 0 amide bonds. The van der Waals surface area contributed by atoms with Gasteiger partial charge in [-0.2, -0.15) is 0 Å². The first-order valence-corrected chi connectivity index (χ1v) is 13.3. The van der Waals surface area contributed by atoms with E-state index in [0.717, 1.165) is 18.3 Å². The molecule has 0 spiro atoms. The Morgan fingerprint density at radius 3 is 2.29 bits per heavy atom. The maximum atomic E-state index is 9.56. The van der Waals surface area contributed by atoms with Crippen LogP contribution in [0.15, 0.2) is 0 Å². The van der Waals surface area contributed by atoms with Crippen molar-refractivity contribution < 1.29 is 9.53 Å². The van der Waals surface area contributed by atoms with Gasteiger partial charge >= 0.3 is 0 Å². The molecule has 0 bridgehead atoms. The van der Waals surface area contributed by atoms with Crippen LogP contribution in [-0.4, -0.2) is 26.1 Å². The predicted octanol–water partition coefficient (Wildman–Crippen LogP) is 5.76. The van der Waals surface area contributed by atoms with Gasteiger partial charge in [0.25, 0.3) is 0 Å². The highest BCUT2D eigenvalue weighted by Gasteiger charge is 2.62. The van der Waals surface area contributed by atoms with Gasteiger partial charge < -0.3 is 9.53 Å². The van der Waals surface area contributed by atoms with Crippen LogP contribution in [0.2, 0.25) is 18.1 Å². The van der Waals surface area contributed by atoms with Gasteiger partial charge in [0, 0.05) is 12.7 Å². The van der Waals surface area contributed by atoms with Gasteiger partial charge in [0.1, 0.15) is 0 Å². The summed E-state index contributed by atoms with van der Waals surface area (Å²) in [5.74, 6) is 1.58. The van der Waals surface area contributed by atoms with E-state index < -0.39 is 8.32 Å². The first-order chi connectivity index (χ1) is 11.1. The van der Waals surface area contributed by atoms with E-state index in [4.69, 9.17) is 4.43 Å². The van der Waals surface area contributed by atoms with Crippen LogP contribution in [0.4, 0.5) is 0 Å². The fourth-order valence-electron chi connectivity index (χ4n) is 5.98. The fraction of sp³-hybridized carbons (Fsp3) is 1.00. The van der Waals surface area contributed by atoms with Gasteiger partial charge in [-0.05, 0) is 85.7 Å². The first kappa shape index (κ1) is 18.9. The zero-order valence-corrected chi connectivity index (χ0v) is 18.0. The third-order valence-corrected chi connectivity index (χ3v) is 13.1. The molecule has 1 N–H and O–H groups in total. The highest BCUT2D eigenvalue weighted by Crippen LogP contribution is 2.69. The van der Waals surface area contributed by atoms with Crippen molar-refractivity contribution in [3.63, 3.8) is 0 Å². The average Bonchev–Trinajstić information content (AvgIpc) is 3.12. The van der Waals surface area contributed by atoms with Crippen LogP contribution in [0.5, 0.6) is 0 Å². The van der Waals surface area contributed by atoms with Gasteiger partial charge in [0.05, 0.1) is 0 Å². The summed E-state index contributed by atoms with van der Waals surface area (Å²) in [6, 6.07) is 0. The van der Waals surface area contributed by atoms with E-state index in [1.807, 2.05) is 0 Å². The van der Waals surface area contributed by atoms with E-state index >= 15 is 0 Å². The van der Waals surface area contributed by atoms with Crippen molar-refractivity contribution in [3.05, 3.63) is 0 Å². The summed E-state index contributed by atoms with van der Waals surface area (Å²) in [5.41, 5.74) is 0.939. The number of fused-ring (bicyclic) bond motifs is 1. The predicted molar refractivity (Wildman–Crippen MR) is 104 cm³/mol. The van der Waals surface area contributed by atoms with Crippen molar-refractivity contribution in [2.75, 3.05) is 6.61 Å². The lowest BCUT2D eigenvalue weighted by molar-refractivity contribution is -0.0288. The average molecular weight is 353 g/mol. The number of rotatable bonds is 5. The van der Waals surface area contributed by atoms with E-state index in [1.165, 1.54) is 44.9 Å². The van der Waals surface area contributed by atoms with Crippen LogP contribution in [0.3, 0.4) is 0 Å². The number of aliphatic hydroxyl groups excluding tert-OH is 1. The van der Waals surface area contributed by atoms with Gasteiger partial charge in [-0.25, -0.2) is 0 Å². The summed E-state index contributed by atoms with van der Waals surface area (Å²) in [4.78, 5) is 0. The summed E-state index contributed by atoms with van der Waals surface area (Å²) in [6.07, 6.45) is 10.9. The first-order valence-electron chi connectivity index (χ1n) is 10.3. The second kappa shape index (κ2) is 6.09. The number of aliphatic hydroxyl groups is 1. The van der Waals surface area contributed by atoms with E-state index in [1.54, 1.807) is 0 Å². The lowest BCUT2D eigenvalue weighted by Crippen LogP contribution is -2.50. The van der Waals surface area contributed by atoms with E-state index in [0.29, 0.717) is 28.6 Å². The van der Waals surface area contributed by atoms with Crippen LogP contribution >= 0.6 is 0 Å².